The molecule has 0 radical (unpaired) electrons. The van der Waals surface area contributed by atoms with Crippen molar-refractivity contribution in [3.63, 3.8) is 0 Å². The van der Waals surface area contributed by atoms with Crippen LogP contribution in [0.5, 0.6) is 0 Å². The molecule has 2 heterocycles. The molecule has 2 aliphatic heterocycles. The summed E-state index contributed by atoms with van der Waals surface area (Å²) in [4.78, 5) is 28.0. The first kappa shape index (κ1) is 17.6. The van der Waals surface area contributed by atoms with Crippen molar-refractivity contribution in [2.24, 2.45) is 0 Å². The Morgan fingerprint density at radius 2 is 1.88 bits per heavy atom. The normalized spacial score (nSPS) is 23.6. The SMILES string of the molecule is C[C@@H]1O[C@H]1C(=O)NCC(=O)N1CCN(C/C=C/c2ccccc2)CC1. The van der Waals surface area contributed by atoms with Crippen LogP contribution in [0.4, 0.5) is 0 Å². The van der Waals surface area contributed by atoms with Crippen molar-refractivity contribution >= 4 is 17.9 Å². The highest BCUT2D eigenvalue weighted by Gasteiger charge is 2.41. The van der Waals surface area contributed by atoms with E-state index in [0.29, 0.717) is 13.1 Å². The molecule has 3 rings (SSSR count). The van der Waals surface area contributed by atoms with E-state index in [-0.39, 0.29) is 30.6 Å². The second-order valence-corrected chi connectivity index (χ2v) is 6.47. The number of ether oxygens (including phenoxy) is 1. The number of nitrogens with zero attached hydrogens (tertiary/aromatic N) is 2. The molecule has 2 aliphatic rings. The third kappa shape index (κ3) is 5.14. The van der Waals surface area contributed by atoms with Crippen LogP contribution in [0.1, 0.15) is 12.5 Å². The minimum Gasteiger partial charge on any atom is -0.359 e. The van der Waals surface area contributed by atoms with Gasteiger partial charge in [0, 0.05) is 32.7 Å². The highest BCUT2D eigenvalue weighted by atomic mass is 16.6. The van der Waals surface area contributed by atoms with Crippen LogP contribution >= 0.6 is 0 Å². The second kappa shape index (κ2) is 8.27. The van der Waals surface area contributed by atoms with Gasteiger partial charge in [-0.3, -0.25) is 14.5 Å². The molecule has 6 nitrogen and oxygen atoms in total. The summed E-state index contributed by atoms with van der Waals surface area (Å²) >= 11 is 0. The summed E-state index contributed by atoms with van der Waals surface area (Å²) < 4.78 is 5.09. The molecule has 0 saturated carbocycles. The summed E-state index contributed by atoms with van der Waals surface area (Å²) in [7, 11) is 0. The third-order valence-corrected chi connectivity index (χ3v) is 4.58. The average Bonchev–Trinajstić information content (AvgIpc) is 3.38. The minimum atomic E-state index is -0.374. The van der Waals surface area contributed by atoms with E-state index in [9.17, 15) is 9.59 Å². The van der Waals surface area contributed by atoms with Gasteiger partial charge in [-0.05, 0) is 12.5 Å². The van der Waals surface area contributed by atoms with E-state index in [1.54, 1.807) is 0 Å². The maximum absolute atomic E-state index is 12.2. The van der Waals surface area contributed by atoms with Crippen LogP contribution in [-0.2, 0) is 14.3 Å². The first-order chi connectivity index (χ1) is 12.1. The van der Waals surface area contributed by atoms with Crippen LogP contribution in [-0.4, -0.2) is 73.1 Å². The molecular weight excluding hydrogens is 318 g/mol. The topological polar surface area (TPSA) is 65.2 Å². The van der Waals surface area contributed by atoms with Crippen molar-refractivity contribution in [2.75, 3.05) is 39.3 Å². The lowest BCUT2D eigenvalue weighted by molar-refractivity contribution is -0.134. The maximum Gasteiger partial charge on any atom is 0.252 e. The monoisotopic (exact) mass is 343 g/mol. The number of carbonyl (C=O) groups excluding carboxylic acids is 2. The van der Waals surface area contributed by atoms with Gasteiger partial charge in [0.15, 0.2) is 6.10 Å². The molecule has 1 N–H and O–H groups in total. The zero-order valence-electron chi connectivity index (χ0n) is 14.6. The summed E-state index contributed by atoms with van der Waals surface area (Å²) in [5.74, 6) is -0.216. The van der Waals surface area contributed by atoms with E-state index in [4.69, 9.17) is 4.74 Å². The van der Waals surface area contributed by atoms with E-state index in [1.807, 2.05) is 30.0 Å². The standard InChI is InChI=1S/C19H25N3O3/c1-15-18(25-15)19(24)20-14-17(23)22-12-10-21(11-13-22)9-5-8-16-6-3-2-4-7-16/h2-8,15,18H,9-14H2,1H3,(H,20,24)/b8-5+/t15-,18+/m0/s1. The van der Waals surface area contributed by atoms with Gasteiger partial charge >= 0.3 is 0 Å². The van der Waals surface area contributed by atoms with Crippen molar-refractivity contribution in [2.45, 2.75) is 19.1 Å². The van der Waals surface area contributed by atoms with Crippen molar-refractivity contribution in [1.29, 1.82) is 0 Å². The number of benzene rings is 1. The van der Waals surface area contributed by atoms with Gasteiger partial charge in [-0.1, -0.05) is 42.5 Å². The lowest BCUT2D eigenvalue weighted by atomic mass is 10.2. The van der Waals surface area contributed by atoms with E-state index >= 15 is 0 Å². The van der Waals surface area contributed by atoms with E-state index in [0.717, 1.165) is 19.6 Å². The number of hydrogen-bond acceptors (Lipinski definition) is 4. The predicted octanol–water partition coefficient (Wildman–Crippen LogP) is 0.748. The van der Waals surface area contributed by atoms with Crippen LogP contribution in [0.15, 0.2) is 36.4 Å². The van der Waals surface area contributed by atoms with Gasteiger partial charge in [-0.15, -0.1) is 0 Å². The lowest BCUT2D eigenvalue weighted by Gasteiger charge is -2.34. The number of amides is 2. The van der Waals surface area contributed by atoms with Crippen LogP contribution in [0.2, 0.25) is 0 Å². The Labute approximate surface area is 148 Å². The van der Waals surface area contributed by atoms with Gasteiger partial charge in [-0.2, -0.15) is 0 Å². The van der Waals surface area contributed by atoms with Crippen LogP contribution in [0.25, 0.3) is 6.08 Å². The first-order valence-corrected chi connectivity index (χ1v) is 8.78. The van der Waals surface area contributed by atoms with Crippen molar-refractivity contribution < 1.29 is 14.3 Å². The molecule has 134 valence electrons. The van der Waals surface area contributed by atoms with E-state index < -0.39 is 0 Å². The molecule has 2 amide bonds. The van der Waals surface area contributed by atoms with Crippen molar-refractivity contribution in [3.05, 3.63) is 42.0 Å². The molecule has 2 fully saturated rings. The number of piperazine rings is 1. The van der Waals surface area contributed by atoms with Gasteiger partial charge in [0.1, 0.15) is 0 Å². The predicted molar refractivity (Wildman–Crippen MR) is 95.8 cm³/mol. The zero-order valence-corrected chi connectivity index (χ0v) is 14.6. The molecule has 6 heteroatoms. The smallest absolute Gasteiger partial charge is 0.252 e. The van der Waals surface area contributed by atoms with E-state index in [2.05, 4.69) is 34.5 Å². The molecule has 1 aromatic rings. The van der Waals surface area contributed by atoms with Gasteiger partial charge < -0.3 is 15.0 Å². The van der Waals surface area contributed by atoms with Crippen molar-refractivity contribution in [1.82, 2.24) is 15.1 Å². The van der Waals surface area contributed by atoms with Crippen LogP contribution < -0.4 is 5.32 Å². The van der Waals surface area contributed by atoms with Gasteiger partial charge in [0.2, 0.25) is 5.91 Å². The highest BCUT2D eigenvalue weighted by Crippen LogP contribution is 2.20. The fraction of sp³-hybridized carbons (Fsp3) is 0.474. The largest absolute Gasteiger partial charge is 0.359 e. The summed E-state index contributed by atoms with van der Waals surface area (Å²) in [6.07, 6.45) is 3.88. The number of rotatable bonds is 6. The average molecular weight is 343 g/mol. The van der Waals surface area contributed by atoms with Crippen molar-refractivity contribution in [3.8, 4) is 0 Å². The van der Waals surface area contributed by atoms with Gasteiger partial charge in [0.05, 0.1) is 12.6 Å². The number of epoxide rings is 1. The van der Waals surface area contributed by atoms with Gasteiger partial charge in [-0.25, -0.2) is 0 Å². The fourth-order valence-corrected chi connectivity index (χ4v) is 2.92. The lowest BCUT2D eigenvalue weighted by Crippen LogP contribution is -2.51. The molecule has 2 atom stereocenters. The summed E-state index contributed by atoms with van der Waals surface area (Å²) in [5, 5.41) is 2.66. The molecule has 0 bridgehead atoms. The van der Waals surface area contributed by atoms with Gasteiger partial charge in [0.25, 0.3) is 5.91 Å². The Balaban J connectivity index is 1.34. The molecule has 0 unspecified atom stereocenters. The molecule has 25 heavy (non-hydrogen) atoms. The minimum absolute atomic E-state index is 0.0254. The zero-order chi connectivity index (χ0) is 17.6. The number of hydrogen-bond donors (Lipinski definition) is 1. The molecule has 0 aliphatic carbocycles. The Hall–Kier alpha value is -2.18. The van der Waals surface area contributed by atoms with Crippen LogP contribution in [0.3, 0.4) is 0 Å². The second-order valence-electron chi connectivity index (χ2n) is 6.47. The Morgan fingerprint density at radius 1 is 1.20 bits per heavy atom. The van der Waals surface area contributed by atoms with E-state index in [1.165, 1.54) is 5.56 Å². The Morgan fingerprint density at radius 3 is 2.52 bits per heavy atom. The summed E-state index contributed by atoms with van der Waals surface area (Å²) in [6.45, 7) is 5.87. The molecular formula is C19H25N3O3. The molecule has 0 aromatic heterocycles. The first-order valence-electron chi connectivity index (χ1n) is 8.78. The third-order valence-electron chi connectivity index (χ3n) is 4.58. The number of nitrogens with one attached hydrogen (secondary N) is 1. The quantitative estimate of drug-likeness (QED) is 0.774. The van der Waals surface area contributed by atoms with Crippen LogP contribution in [0, 0.1) is 0 Å². The maximum atomic E-state index is 12.2. The number of carbonyl (C=O) groups is 2. The Kier molecular flexibility index (Phi) is 5.83. The summed E-state index contributed by atoms with van der Waals surface area (Å²) in [6, 6.07) is 10.2. The Bertz CT molecular complexity index is 624. The summed E-state index contributed by atoms with van der Waals surface area (Å²) in [5.41, 5.74) is 1.20. The molecule has 1 aromatic carbocycles. The highest BCUT2D eigenvalue weighted by molar-refractivity contribution is 5.88. The molecule has 2 saturated heterocycles. The molecule has 0 spiro atoms. The fourth-order valence-electron chi connectivity index (χ4n) is 2.92.